The highest BCUT2D eigenvalue weighted by molar-refractivity contribution is 7.92. The number of sulfonamides is 1. The summed E-state index contributed by atoms with van der Waals surface area (Å²) in [6, 6.07) is 11.3. The zero-order valence-corrected chi connectivity index (χ0v) is 13.2. The Morgan fingerprint density at radius 2 is 1.86 bits per heavy atom. The first-order valence-corrected chi connectivity index (χ1v) is 8.49. The Bertz CT molecular complexity index is 742. The number of rotatable bonds is 4. The summed E-state index contributed by atoms with van der Waals surface area (Å²) in [7, 11) is -3.56. The van der Waals surface area contributed by atoms with Crippen LogP contribution in [0.1, 0.15) is 11.1 Å². The summed E-state index contributed by atoms with van der Waals surface area (Å²) in [4.78, 5) is 0. The van der Waals surface area contributed by atoms with E-state index in [9.17, 15) is 12.8 Å². The molecule has 0 amide bonds. The van der Waals surface area contributed by atoms with E-state index in [4.69, 9.17) is 11.6 Å². The molecule has 0 fully saturated rings. The van der Waals surface area contributed by atoms with Gasteiger partial charge in [0.05, 0.1) is 18.5 Å². The second kappa shape index (κ2) is 6.03. The average molecular weight is 328 g/mol. The summed E-state index contributed by atoms with van der Waals surface area (Å²) in [5.41, 5.74) is 1.56. The number of halogens is 2. The maximum Gasteiger partial charge on any atom is 0.232 e. The lowest BCUT2D eigenvalue weighted by molar-refractivity contribution is 0.590. The molecule has 0 radical (unpaired) electrons. The summed E-state index contributed by atoms with van der Waals surface area (Å²) in [6.07, 6.45) is 1.09. The fourth-order valence-corrected chi connectivity index (χ4v) is 3.09. The third kappa shape index (κ3) is 3.74. The number of hydrogen-bond donors (Lipinski definition) is 0. The highest BCUT2D eigenvalue weighted by atomic mass is 35.5. The number of aryl methyl sites for hydroxylation is 1. The molecule has 0 bridgehead atoms. The summed E-state index contributed by atoms with van der Waals surface area (Å²) in [6.45, 7) is 1.72. The second-order valence-electron chi connectivity index (χ2n) is 4.81. The first-order valence-electron chi connectivity index (χ1n) is 6.26. The average Bonchev–Trinajstić information content (AvgIpc) is 2.36. The van der Waals surface area contributed by atoms with Gasteiger partial charge < -0.3 is 0 Å². The largest absolute Gasteiger partial charge is 0.266 e. The van der Waals surface area contributed by atoms with Gasteiger partial charge in [0.25, 0.3) is 0 Å². The van der Waals surface area contributed by atoms with E-state index in [2.05, 4.69) is 0 Å². The molecule has 0 aliphatic carbocycles. The molecule has 0 unspecified atom stereocenters. The van der Waals surface area contributed by atoms with Crippen LogP contribution in [0.5, 0.6) is 0 Å². The van der Waals surface area contributed by atoms with Gasteiger partial charge >= 0.3 is 0 Å². The zero-order valence-electron chi connectivity index (χ0n) is 11.7. The quantitative estimate of drug-likeness (QED) is 0.857. The molecule has 0 atom stereocenters. The van der Waals surface area contributed by atoms with Crippen LogP contribution in [0, 0.1) is 12.7 Å². The minimum atomic E-state index is -3.56. The summed E-state index contributed by atoms with van der Waals surface area (Å²) >= 11 is 5.98. The van der Waals surface area contributed by atoms with E-state index in [-0.39, 0.29) is 17.1 Å². The first-order chi connectivity index (χ1) is 9.79. The maximum atomic E-state index is 13.9. The van der Waals surface area contributed by atoms with Crippen LogP contribution in [0.4, 0.5) is 10.1 Å². The Balaban J connectivity index is 2.49. The van der Waals surface area contributed by atoms with E-state index >= 15 is 0 Å². The van der Waals surface area contributed by atoms with Crippen molar-refractivity contribution in [3.05, 3.63) is 64.4 Å². The zero-order chi connectivity index (χ0) is 15.6. The van der Waals surface area contributed by atoms with Crippen molar-refractivity contribution in [1.29, 1.82) is 0 Å². The lowest BCUT2D eigenvalue weighted by Gasteiger charge is -2.23. The molecule has 2 aromatic carbocycles. The van der Waals surface area contributed by atoms with E-state index in [1.54, 1.807) is 18.2 Å². The van der Waals surface area contributed by atoms with Crippen molar-refractivity contribution in [3.63, 3.8) is 0 Å². The summed E-state index contributed by atoms with van der Waals surface area (Å²) in [5, 5.41) is 0.205. The number of nitrogens with zero attached hydrogens (tertiary/aromatic N) is 1. The topological polar surface area (TPSA) is 37.4 Å². The third-order valence-electron chi connectivity index (χ3n) is 3.05. The molecule has 0 saturated carbocycles. The molecule has 0 aliphatic heterocycles. The lowest BCUT2D eigenvalue weighted by Crippen LogP contribution is -2.29. The Kier molecular flexibility index (Phi) is 4.54. The summed E-state index contributed by atoms with van der Waals surface area (Å²) in [5.74, 6) is -0.524. The predicted octanol–water partition coefficient (Wildman–Crippen LogP) is 3.75. The van der Waals surface area contributed by atoms with Crippen LogP contribution in [0.3, 0.4) is 0 Å². The highest BCUT2D eigenvalue weighted by Crippen LogP contribution is 2.26. The Morgan fingerprint density at radius 1 is 1.19 bits per heavy atom. The first kappa shape index (κ1) is 15.8. The molecule has 3 nitrogen and oxygen atoms in total. The van der Waals surface area contributed by atoms with Gasteiger partial charge in [0.2, 0.25) is 10.0 Å². The van der Waals surface area contributed by atoms with E-state index < -0.39 is 15.8 Å². The van der Waals surface area contributed by atoms with Crippen LogP contribution < -0.4 is 4.31 Å². The molecule has 0 heterocycles. The highest BCUT2D eigenvalue weighted by Gasteiger charge is 2.21. The van der Waals surface area contributed by atoms with Gasteiger partial charge in [0.1, 0.15) is 5.82 Å². The van der Waals surface area contributed by atoms with Crippen molar-refractivity contribution in [2.75, 3.05) is 10.6 Å². The molecule has 0 aromatic heterocycles. The van der Waals surface area contributed by atoms with Crippen molar-refractivity contribution in [3.8, 4) is 0 Å². The van der Waals surface area contributed by atoms with E-state index in [0.29, 0.717) is 5.69 Å². The molecule has 0 saturated heterocycles. The van der Waals surface area contributed by atoms with Gasteiger partial charge in [0.15, 0.2) is 0 Å². The number of hydrogen-bond acceptors (Lipinski definition) is 2. The minimum Gasteiger partial charge on any atom is -0.266 e. The van der Waals surface area contributed by atoms with Crippen LogP contribution in [0.2, 0.25) is 5.02 Å². The normalized spacial score (nSPS) is 11.4. The van der Waals surface area contributed by atoms with Crippen LogP contribution in [0.25, 0.3) is 0 Å². The fourth-order valence-electron chi connectivity index (χ4n) is 2.01. The molecular formula is C15H15ClFNO2S. The van der Waals surface area contributed by atoms with E-state index in [1.807, 2.05) is 13.0 Å². The van der Waals surface area contributed by atoms with Crippen molar-refractivity contribution in [2.24, 2.45) is 0 Å². The fraction of sp³-hybridized carbons (Fsp3) is 0.200. The van der Waals surface area contributed by atoms with Crippen molar-refractivity contribution in [2.45, 2.75) is 13.5 Å². The van der Waals surface area contributed by atoms with Gasteiger partial charge in [-0.05, 0) is 36.8 Å². The second-order valence-corrected chi connectivity index (χ2v) is 7.12. The predicted molar refractivity (Wildman–Crippen MR) is 83.6 cm³/mol. The number of benzene rings is 2. The van der Waals surface area contributed by atoms with Crippen LogP contribution >= 0.6 is 11.6 Å². The van der Waals surface area contributed by atoms with E-state index in [1.165, 1.54) is 18.2 Å². The Labute approximate surface area is 129 Å². The van der Waals surface area contributed by atoms with Gasteiger partial charge in [-0.3, -0.25) is 4.31 Å². The molecule has 2 aromatic rings. The SMILES string of the molecule is Cc1cccc(N(Cc2c(F)cccc2Cl)S(C)(=O)=O)c1. The van der Waals surface area contributed by atoms with Gasteiger partial charge in [-0.2, -0.15) is 0 Å². The Hall–Kier alpha value is -1.59. The van der Waals surface area contributed by atoms with Gasteiger partial charge in [-0.25, -0.2) is 12.8 Å². The van der Waals surface area contributed by atoms with Crippen molar-refractivity contribution < 1.29 is 12.8 Å². The summed E-state index contributed by atoms with van der Waals surface area (Å²) < 4.78 is 39.1. The molecular weight excluding hydrogens is 313 g/mol. The van der Waals surface area contributed by atoms with Gasteiger partial charge in [-0.15, -0.1) is 0 Å². The molecule has 2 rings (SSSR count). The standard InChI is InChI=1S/C15H15ClFNO2S/c1-11-5-3-6-12(9-11)18(21(2,19)20)10-13-14(16)7-4-8-15(13)17/h3-9H,10H2,1-2H3. The molecule has 0 aliphatic rings. The monoisotopic (exact) mass is 327 g/mol. The van der Waals surface area contributed by atoms with Gasteiger partial charge in [0, 0.05) is 10.6 Å². The van der Waals surface area contributed by atoms with Gasteiger partial charge in [-0.1, -0.05) is 29.8 Å². The minimum absolute atomic E-state index is 0.145. The van der Waals surface area contributed by atoms with Crippen LogP contribution in [-0.4, -0.2) is 14.7 Å². The van der Waals surface area contributed by atoms with Crippen molar-refractivity contribution in [1.82, 2.24) is 0 Å². The molecule has 112 valence electrons. The smallest absolute Gasteiger partial charge is 0.232 e. The number of anilines is 1. The van der Waals surface area contributed by atoms with Crippen LogP contribution in [0.15, 0.2) is 42.5 Å². The Morgan fingerprint density at radius 3 is 2.43 bits per heavy atom. The molecule has 6 heteroatoms. The molecule has 0 spiro atoms. The lowest BCUT2D eigenvalue weighted by atomic mass is 10.2. The molecule has 21 heavy (non-hydrogen) atoms. The maximum absolute atomic E-state index is 13.9. The van der Waals surface area contributed by atoms with Crippen molar-refractivity contribution >= 4 is 27.3 Å². The third-order valence-corrected chi connectivity index (χ3v) is 4.55. The van der Waals surface area contributed by atoms with E-state index in [0.717, 1.165) is 16.1 Å². The molecule has 0 N–H and O–H groups in total. The van der Waals surface area contributed by atoms with Crippen LogP contribution in [-0.2, 0) is 16.6 Å².